The van der Waals surface area contributed by atoms with Crippen molar-refractivity contribution in [3.63, 3.8) is 0 Å². The van der Waals surface area contributed by atoms with Crippen LogP contribution in [0.3, 0.4) is 0 Å². The van der Waals surface area contributed by atoms with Crippen LogP contribution >= 0.6 is 0 Å². The van der Waals surface area contributed by atoms with Crippen LogP contribution in [0.2, 0.25) is 0 Å². The van der Waals surface area contributed by atoms with Crippen LogP contribution in [-0.4, -0.2) is 77.5 Å². The number of benzene rings is 1. The van der Waals surface area contributed by atoms with E-state index >= 15 is 0 Å². The number of hydrogen-bond donors (Lipinski definition) is 2. The highest BCUT2D eigenvalue weighted by molar-refractivity contribution is 6.02. The molecule has 8 nitrogen and oxygen atoms in total. The largest absolute Gasteiger partial charge is 0.359 e. The van der Waals surface area contributed by atoms with Crippen LogP contribution in [0.15, 0.2) is 36.4 Å². The van der Waals surface area contributed by atoms with E-state index in [2.05, 4.69) is 29.4 Å². The molecule has 8 heteroatoms. The molecule has 4 heterocycles. The monoisotopic (exact) mass is 562 g/mol. The first-order chi connectivity index (χ1) is 19.8. The Morgan fingerprint density at radius 3 is 2.56 bits per heavy atom. The Morgan fingerprint density at radius 2 is 1.80 bits per heavy atom. The summed E-state index contributed by atoms with van der Waals surface area (Å²) in [4.78, 5) is 46.4. The third-order valence-electron chi connectivity index (χ3n) is 10.6. The fourth-order valence-electron chi connectivity index (χ4n) is 8.11. The van der Waals surface area contributed by atoms with E-state index in [0.29, 0.717) is 24.1 Å². The Kier molecular flexibility index (Phi) is 7.98. The first kappa shape index (κ1) is 28.4. The number of nitrogens with one attached hydrogen (secondary N) is 2. The van der Waals surface area contributed by atoms with Crippen molar-refractivity contribution in [2.24, 2.45) is 23.7 Å². The lowest BCUT2D eigenvalue weighted by Gasteiger charge is -2.38. The molecule has 1 aromatic rings. The summed E-state index contributed by atoms with van der Waals surface area (Å²) in [6.45, 7) is 9.67. The Labute approximate surface area is 244 Å². The molecule has 4 aliphatic heterocycles. The number of fused-ring (bicyclic) bond motifs is 1. The first-order valence-electron chi connectivity index (χ1n) is 15.9. The summed E-state index contributed by atoms with van der Waals surface area (Å²) in [7, 11) is 0. The maximum absolute atomic E-state index is 14.3. The van der Waals surface area contributed by atoms with Crippen LogP contribution < -0.4 is 10.6 Å². The second-order valence-corrected chi connectivity index (χ2v) is 13.2. The minimum absolute atomic E-state index is 0.0762. The molecule has 3 amide bonds. The lowest BCUT2D eigenvalue weighted by Crippen LogP contribution is -2.58. The Hall–Kier alpha value is -2.71. The van der Waals surface area contributed by atoms with Gasteiger partial charge >= 0.3 is 0 Å². The van der Waals surface area contributed by atoms with Gasteiger partial charge < -0.3 is 25.2 Å². The smallest absolute Gasteiger partial charge is 0.246 e. The number of carbonyl (C=O) groups is 3. The summed E-state index contributed by atoms with van der Waals surface area (Å²) in [5.41, 5.74) is 0.625. The topological polar surface area (TPSA) is 91.0 Å². The summed E-state index contributed by atoms with van der Waals surface area (Å²) < 4.78 is 6.55. The van der Waals surface area contributed by atoms with Crippen LogP contribution in [0.25, 0.3) is 0 Å². The molecule has 1 aliphatic carbocycles. The molecule has 1 aromatic carbocycles. The summed E-state index contributed by atoms with van der Waals surface area (Å²) in [6.07, 6.45) is 11.3. The van der Waals surface area contributed by atoms with Crippen LogP contribution in [-0.2, 0) is 19.1 Å². The number of hydrogen-bond acceptors (Lipinski definition) is 5. The zero-order chi connectivity index (χ0) is 28.7. The van der Waals surface area contributed by atoms with E-state index in [-0.39, 0.29) is 23.8 Å². The molecule has 4 fully saturated rings. The molecule has 1 spiro atoms. The number of amides is 3. The van der Waals surface area contributed by atoms with Gasteiger partial charge in [0.1, 0.15) is 11.6 Å². The summed E-state index contributed by atoms with van der Waals surface area (Å²) in [6, 6.07) is 6.96. The first-order valence-corrected chi connectivity index (χ1v) is 15.9. The Morgan fingerprint density at radius 1 is 1.02 bits per heavy atom. The number of likely N-dealkylation sites (tertiary alicyclic amines) is 2. The maximum Gasteiger partial charge on any atom is 0.246 e. The van der Waals surface area contributed by atoms with Crippen LogP contribution in [0.1, 0.15) is 64.4 Å². The van der Waals surface area contributed by atoms with Crippen molar-refractivity contribution in [3.05, 3.63) is 42.0 Å². The van der Waals surface area contributed by atoms with Gasteiger partial charge in [-0.05, 0) is 68.8 Å². The van der Waals surface area contributed by atoms with Gasteiger partial charge in [0.25, 0.3) is 0 Å². The molecule has 0 aromatic heterocycles. The second-order valence-electron chi connectivity index (χ2n) is 13.2. The van der Waals surface area contributed by atoms with Crippen molar-refractivity contribution in [2.75, 3.05) is 31.5 Å². The minimum Gasteiger partial charge on any atom is -0.359 e. The fourth-order valence-corrected chi connectivity index (χ4v) is 8.11. The van der Waals surface area contributed by atoms with E-state index in [1.54, 1.807) is 4.90 Å². The summed E-state index contributed by atoms with van der Waals surface area (Å²) in [5.74, 6) is -1.00. The average Bonchev–Trinajstić information content (AvgIpc) is 3.49. The van der Waals surface area contributed by atoms with Crippen molar-refractivity contribution in [1.29, 1.82) is 0 Å². The molecule has 5 aliphatic rings. The lowest BCUT2D eigenvalue weighted by molar-refractivity contribution is -0.141. The maximum atomic E-state index is 14.3. The highest BCUT2D eigenvalue weighted by atomic mass is 16.5. The van der Waals surface area contributed by atoms with E-state index in [4.69, 9.17) is 4.74 Å². The predicted molar refractivity (Wildman–Crippen MR) is 158 cm³/mol. The molecule has 8 atom stereocenters. The van der Waals surface area contributed by atoms with Gasteiger partial charge in [0.05, 0.1) is 17.9 Å². The van der Waals surface area contributed by atoms with Crippen LogP contribution in [0, 0.1) is 30.6 Å². The molecular weight excluding hydrogens is 516 g/mol. The third-order valence-corrected chi connectivity index (χ3v) is 10.6. The average molecular weight is 563 g/mol. The fraction of sp³-hybridized carbons (Fsp3) is 0.667. The number of anilines is 1. The molecule has 0 radical (unpaired) electrons. The van der Waals surface area contributed by atoms with Gasteiger partial charge in [-0.25, -0.2) is 0 Å². The number of aryl methyl sites for hydroxylation is 1. The van der Waals surface area contributed by atoms with Gasteiger partial charge in [0.2, 0.25) is 17.7 Å². The van der Waals surface area contributed by atoms with Gasteiger partial charge in [-0.3, -0.25) is 14.4 Å². The van der Waals surface area contributed by atoms with E-state index < -0.39 is 29.6 Å². The molecule has 41 heavy (non-hydrogen) atoms. The molecule has 3 saturated heterocycles. The quantitative estimate of drug-likeness (QED) is 0.492. The normalized spacial score (nSPS) is 36.7. The summed E-state index contributed by atoms with van der Waals surface area (Å²) in [5, 5.41) is 6.39. The standard InChI is InChI=1S/C33H46N4O4/c1-21-10-8-12-24(20-21)34-30(38)27-26-14-15-33(41-26)28(27)32(40)37(19-18-36-16-6-4-5-7-17-36)29(33)31(39)35-25-13-9-11-22(2)23(25)3/h8,10,12,14-15,20,22-23,25-29H,4-7,9,11,13,16-19H2,1-3H3,(H,34,38)(H,35,39)/t22-,23-,25+,26-,27+,28-,29-,33-/m0/s1. The van der Waals surface area contributed by atoms with Gasteiger partial charge in [0.15, 0.2) is 0 Å². The van der Waals surface area contributed by atoms with E-state index in [9.17, 15) is 14.4 Å². The number of nitrogens with zero attached hydrogens (tertiary/aromatic N) is 2. The van der Waals surface area contributed by atoms with Gasteiger partial charge in [-0.2, -0.15) is 0 Å². The van der Waals surface area contributed by atoms with Gasteiger partial charge in [0, 0.05) is 24.8 Å². The predicted octanol–water partition coefficient (Wildman–Crippen LogP) is 3.90. The Balaban J connectivity index is 1.27. The van der Waals surface area contributed by atoms with E-state index in [1.807, 2.05) is 43.3 Å². The van der Waals surface area contributed by atoms with Crippen molar-refractivity contribution in [3.8, 4) is 0 Å². The second kappa shape index (κ2) is 11.5. The Bertz CT molecular complexity index is 1190. The molecular formula is C33H46N4O4. The molecule has 6 rings (SSSR count). The van der Waals surface area contributed by atoms with Gasteiger partial charge in [-0.1, -0.05) is 63.8 Å². The molecule has 222 valence electrons. The lowest BCUT2D eigenvalue weighted by atomic mass is 9.73. The minimum atomic E-state index is -1.12. The van der Waals surface area contributed by atoms with E-state index in [1.165, 1.54) is 19.3 Å². The van der Waals surface area contributed by atoms with Crippen LogP contribution in [0.4, 0.5) is 5.69 Å². The van der Waals surface area contributed by atoms with Crippen molar-refractivity contribution < 1.29 is 19.1 Å². The molecule has 0 unspecified atom stereocenters. The number of rotatable bonds is 7. The summed E-state index contributed by atoms with van der Waals surface area (Å²) >= 11 is 0. The molecule has 2 N–H and O–H groups in total. The SMILES string of the molecule is Cc1cccc(NC(=O)[C@@H]2[C@@H]3C=C[C@]4(O3)[C@@H]2C(=O)N(CCN2CCCCCC2)[C@H]4C(=O)N[C@@H]2CCC[C@H](C)[C@@H]2C)c1. The van der Waals surface area contributed by atoms with Crippen LogP contribution in [0.5, 0.6) is 0 Å². The van der Waals surface area contributed by atoms with Gasteiger partial charge in [-0.15, -0.1) is 0 Å². The zero-order valence-electron chi connectivity index (χ0n) is 24.8. The molecule has 2 bridgehead atoms. The zero-order valence-corrected chi connectivity index (χ0v) is 24.8. The highest BCUT2D eigenvalue weighted by Gasteiger charge is 2.72. The van der Waals surface area contributed by atoms with Crippen molar-refractivity contribution >= 4 is 23.4 Å². The highest BCUT2D eigenvalue weighted by Crippen LogP contribution is 2.55. The van der Waals surface area contributed by atoms with Crippen molar-refractivity contribution in [2.45, 2.75) is 89.5 Å². The molecule has 1 saturated carbocycles. The van der Waals surface area contributed by atoms with E-state index in [0.717, 1.165) is 50.9 Å². The number of ether oxygens (including phenoxy) is 1. The third kappa shape index (κ3) is 5.22. The number of carbonyl (C=O) groups excluding carboxylic acids is 3. The van der Waals surface area contributed by atoms with Crippen molar-refractivity contribution in [1.82, 2.24) is 15.1 Å².